The SMILES string of the molecule is NCc1c(N)ncc(N)c1OC(F)(F)F. The topological polar surface area (TPSA) is 100 Å². The van der Waals surface area contributed by atoms with Crippen LogP contribution in [0.4, 0.5) is 24.7 Å². The number of ether oxygens (including phenoxy) is 1. The van der Waals surface area contributed by atoms with E-state index in [2.05, 4.69) is 9.72 Å². The molecule has 0 aromatic carbocycles. The van der Waals surface area contributed by atoms with Crippen LogP contribution in [0.1, 0.15) is 5.56 Å². The Morgan fingerprint density at radius 3 is 2.40 bits per heavy atom. The van der Waals surface area contributed by atoms with Gasteiger partial charge in [0.05, 0.1) is 17.4 Å². The van der Waals surface area contributed by atoms with Gasteiger partial charge in [0.2, 0.25) is 0 Å². The number of aromatic nitrogens is 1. The van der Waals surface area contributed by atoms with Gasteiger partial charge in [-0.05, 0) is 0 Å². The Labute approximate surface area is 83.0 Å². The first-order chi connectivity index (χ1) is 6.85. The van der Waals surface area contributed by atoms with Crippen molar-refractivity contribution in [1.29, 1.82) is 0 Å². The largest absolute Gasteiger partial charge is 0.573 e. The first-order valence-corrected chi connectivity index (χ1v) is 3.83. The van der Waals surface area contributed by atoms with E-state index in [9.17, 15) is 13.2 Å². The number of halogens is 3. The van der Waals surface area contributed by atoms with E-state index in [1.165, 1.54) is 0 Å². The van der Waals surface area contributed by atoms with Crippen LogP contribution in [0.15, 0.2) is 6.20 Å². The molecule has 8 heteroatoms. The van der Waals surface area contributed by atoms with Crippen molar-refractivity contribution < 1.29 is 17.9 Å². The van der Waals surface area contributed by atoms with Gasteiger partial charge in [-0.2, -0.15) is 0 Å². The minimum absolute atomic E-state index is 0.0627. The Kier molecular flexibility index (Phi) is 2.89. The van der Waals surface area contributed by atoms with E-state index in [4.69, 9.17) is 17.2 Å². The Morgan fingerprint density at radius 1 is 1.33 bits per heavy atom. The highest BCUT2D eigenvalue weighted by Crippen LogP contribution is 2.33. The van der Waals surface area contributed by atoms with E-state index < -0.39 is 12.1 Å². The highest BCUT2D eigenvalue weighted by Gasteiger charge is 2.33. The summed E-state index contributed by atoms with van der Waals surface area (Å²) in [5.41, 5.74) is 15.5. The number of anilines is 2. The summed E-state index contributed by atoms with van der Waals surface area (Å²) in [6.07, 6.45) is -3.86. The summed E-state index contributed by atoms with van der Waals surface area (Å²) in [6, 6.07) is 0. The van der Waals surface area contributed by atoms with Gasteiger partial charge in [0.15, 0.2) is 5.75 Å². The monoisotopic (exact) mass is 222 g/mol. The van der Waals surface area contributed by atoms with Crippen molar-refractivity contribution in [2.24, 2.45) is 5.73 Å². The molecule has 0 bridgehead atoms. The lowest BCUT2D eigenvalue weighted by Gasteiger charge is -2.15. The standard InChI is InChI=1S/C7H9F3N4O/c8-7(9,10)15-5-3(1-11)6(13)14-2-4(5)12/h2H,1,11-12H2,(H2,13,14). The maximum absolute atomic E-state index is 12.0. The van der Waals surface area contributed by atoms with Crippen LogP contribution in [0.2, 0.25) is 0 Å². The number of hydrogen-bond acceptors (Lipinski definition) is 5. The maximum atomic E-state index is 12.0. The molecule has 0 unspecified atom stereocenters. The Balaban J connectivity index is 3.20. The van der Waals surface area contributed by atoms with Crippen molar-refractivity contribution in [2.75, 3.05) is 11.5 Å². The molecule has 0 aliphatic heterocycles. The molecule has 1 rings (SSSR count). The van der Waals surface area contributed by atoms with Gasteiger partial charge in [0, 0.05) is 6.54 Å². The molecule has 1 aromatic heterocycles. The van der Waals surface area contributed by atoms with Crippen molar-refractivity contribution >= 4 is 11.5 Å². The summed E-state index contributed by atoms with van der Waals surface area (Å²) in [6.45, 7) is -0.241. The summed E-state index contributed by atoms with van der Waals surface area (Å²) in [5, 5.41) is 0. The molecule has 0 saturated carbocycles. The van der Waals surface area contributed by atoms with E-state index in [-0.39, 0.29) is 23.6 Å². The van der Waals surface area contributed by atoms with Gasteiger partial charge in [-0.25, -0.2) is 4.98 Å². The fraction of sp³-hybridized carbons (Fsp3) is 0.286. The fourth-order valence-electron chi connectivity index (χ4n) is 1.000. The maximum Gasteiger partial charge on any atom is 0.573 e. The molecule has 1 aromatic rings. The van der Waals surface area contributed by atoms with Crippen molar-refractivity contribution in [3.8, 4) is 5.75 Å². The van der Waals surface area contributed by atoms with E-state index in [0.717, 1.165) is 6.20 Å². The Hall–Kier alpha value is -1.70. The van der Waals surface area contributed by atoms with Crippen LogP contribution in [0, 0.1) is 0 Å². The van der Waals surface area contributed by atoms with Gasteiger partial charge >= 0.3 is 6.36 Å². The second-order valence-electron chi connectivity index (χ2n) is 2.66. The van der Waals surface area contributed by atoms with Gasteiger partial charge in [-0.3, -0.25) is 0 Å². The number of alkyl halides is 3. The molecule has 0 aliphatic carbocycles. The smallest absolute Gasteiger partial charge is 0.403 e. The number of hydrogen-bond donors (Lipinski definition) is 3. The van der Waals surface area contributed by atoms with E-state index in [1.54, 1.807) is 0 Å². The van der Waals surface area contributed by atoms with Crippen molar-refractivity contribution in [1.82, 2.24) is 4.98 Å². The van der Waals surface area contributed by atoms with E-state index in [1.807, 2.05) is 0 Å². The molecule has 0 spiro atoms. The molecule has 0 saturated heterocycles. The van der Waals surface area contributed by atoms with Crippen LogP contribution < -0.4 is 21.9 Å². The minimum Gasteiger partial charge on any atom is -0.403 e. The average molecular weight is 222 g/mol. The molecule has 0 amide bonds. The minimum atomic E-state index is -4.84. The predicted octanol–water partition coefficient (Wildman–Crippen LogP) is 0.603. The molecular weight excluding hydrogens is 213 g/mol. The molecule has 5 nitrogen and oxygen atoms in total. The van der Waals surface area contributed by atoms with Crippen molar-refractivity contribution in [3.63, 3.8) is 0 Å². The third-order valence-corrected chi connectivity index (χ3v) is 1.61. The predicted molar refractivity (Wildman–Crippen MR) is 47.6 cm³/mol. The van der Waals surface area contributed by atoms with Crippen LogP contribution in [0.25, 0.3) is 0 Å². The summed E-state index contributed by atoms with van der Waals surface area (Å²) >= 11 is 0. The summed E-state index contributed by atoms with van der Waals surface area (Å²) in [4.78, 5) is 3.57. The number of rotatable bonds is 2. The van der Waals surface area contributed by atoms with Gasteiger partial charge in [0.25, 0.3) is 0 Å². The fourth-order valence-corrected chi connectivity index (χ4v) is 1.000. The van der Waals surface area contributed by atoms with Gasteiger partial charge in [-0.1, -0.05) is 0 Å². The molecule has 0 aliphatic rings. The summed E-state index contributed by atoms with van der Waals surface area (Å²) in [7, 11) is 0. The first kappa shape index (κ1) is 11.4. The van der Waals surface area contributed by atoms with Crippen molar-refractivity contribution in [3.05, 3.63) is 11.8 Å². The normalized spacial score (nSPS) is 11.5. The number of pyridine rings is 1. The van der Waals surface area contributed by atoms with Gasteiger partial charge in [-0.15, -0.1) is 13.2 Å². The number of nitrogen functional groups attached to an aromatic ring is 2. The lowest BCUT2D eigenvalue weighted by atomic mass is 10.2. The first-order valence-electron chi connectivity index (χ1n) is 3.83. The van der Waals surface area contributed by atoms with Crippen molar-refractivity contribution in [2.45, 2.75) is 12.9 Å². The zero-order chi connectivity index (χ0) is 11.6. The van der Waals surface area contributed by atoms with Crippen LogP contribution >= 0.6 is 0 Å². The Bertz CT molecular complexity index is 366. The highest BCUT2D eigenvalue weighted by molar-refractivity contribution is 5.62. The molecule has 0 fully saturated rings. The summed E-state index contributed by atoms with van der Waals surface area (Å²) < 4.78 is 39.7. The number of nitrogens with zero attached hydrogens (tertiary/aromatic N) is 1. The molecule has 0 atom stereocenters. The summed E-state index contributed by atoms with van der Waals surface area (Å²) in [5.74, 6) is -0.719. The lowest BCUT2D eigenvalue weighted by Crippen LogP contribution is -2.20. The second kappa shape index (κ2) is 3.81. The van der Waals surface area contributed by atoms with E-state index >= 15 is 0 Å². The lowest BCUT2D eigenvalue weighted by molar-refractivity contribution is -0.274. The van der Waals surface area contributed by atoms with Crippen LogP contribution in [-0.4, -0.2) is 11.3 Å². The highest BCUT2D eigenvalue weighted by atomic mass is 19.4. The van der Waals surface area contributed by atoms with Crippen LogP contribution in [0.3, 0.4) is 0 Å². The van der Waals surface area contributed by atoms with Crippen LogP contribution in [0.5, 0.6) is 5.75 Å². The molecular formula is C7H9F3N4O. The molecule has 0 radical (unpaired) electrons. The Morgan fingerprint density at radius 2 is 1.93 bits per heavy atom. The molecule has 1 heterocycles. The third kappa shape index (κ3) is 2.62. The molecule has 6 N–H and O–H groups in total. The third-order valence-electron chi connectivity index (χ3n) is 1.61. The molecule has 84 valence electrons. The second-order valence-corrected chi connectivity index (χ2v) is 2.66. The zero-order valence-corrected chi connectivity index (χ0v) is 7.51. The quantitative estimate of drug-likeness (QED) is 0.680. The molecule has 15 heavy (non-hydrogen) atoms. The van der Waals surface area contributed by atoms with Gasteiger partial charge in [0.1, 0.15) is 5.82 Å². The average Bonchev–Trinajstić information content (AvgIpc) is 2.10. The van der Waals surface area contributed by atoms with E-state index in [0.29, 0.717) is 0 Å². The number of nitrogens with two attached hydrogens (primary N) is 3. The van der Waals surface area contributed by atoms with Crippen LogP contribution in [-0.2, 0) is 6.54 Å². The van der Waals surface area contributed by atoms with Gasteiger partial charge < -0.3 is 21.9 Å². The zero-order valence-electron chi connectivity index (χ0n) is 7.51.